The van der Waals surface area contributed by atoms with Crippen LogP contribution >= 0.6 is 23.2 Å². The van der Waals surface area contributed by atoms with Gasteiger partial charge in [-0.05, 0) is 26.0 Å². The second-order valence-electron chi connectivity index (χ2n) is 4.24. The molecular formula is C12H11Cl2NO3. The number of amides is 1. The van der Waals surface area contributed by atoms with Crippen molar-refractivity contribution in [3.8, 4) is 0 Å². The largest absolute Gasteiger partial charge is 0.391 e. The van der Waals surface area contributed by atoms with E-state index in [4.69, 9.17) is 23.2 Å². The Morgan fingerprint density at radius 1 is 1.17 bits per heavy atom. The molecule has 6 heteroatoms. The molecule has 1 aliphatic rings. The number of rotatable bonds is 2. The molecule has 2 unspecified atom stereocenters. The van der Waals surface area contributed by atoms with Crippen LogP contribution in [-0.2, 0) is 4.79 Å². The quantitative estimate of drug-likeness (QED) is 0.849. The van der Waals surface area contributed by atoms with Gasteiger partial charge in [0.15, 0.2) is 0 Å². The van der Waals surface area contributed by atoms with E-state index in [1.54, 1.807) is 13.8 Å². The molecule has 0 saturated heterocycles. The Morgan fingerprint density at radius 2 is 1.72 bits per heavy atom. The highest BCUT2D eigenvalue weighted by Crippen LogP contribution is 2.41. The van der Waals surface area contributed by atoms with E-state index in [1.807, 2.05) is 0 Å². The average molecular weight is 288 g/mol. The van der Waals surface area contributed by atoms with Crippen LogP contribution in [0, 0.1) is 0 Å². The van der Waals surface area contributed by atoms with E-state index in [9.17, 15) is 14.7 Å². The number of aliphatic hydroxyl groups is 1. The maximum Gasteiger partial charge on any atom is 0.299 e. The standard InChI is InChI=1S/C12H11Cl2NO3/c1-5(6(2)16)15-10-8(14)4-3-7(13)9(10)11(17)12(15)18/h3-6,16H,1-2H3. The fourth-order valence-electron chi connectivity index (χ4n) is 1.91. The fraction of sp³-hybridized carbons (Fsp3) is 0.333. The number of aliphatic hydroxyl groups excluding tert-OH is 1. The van der Waals surface area contributed by atoms with Crippen LogP contribution in [0.5, 0.6) is 0 Å². The lowest BCUT2D eigenvalue weighted by atomic mass is 10.1. The Bertz CT molecular complexity index is 542. The van der Waals surface area contributed by atoms with E-state index in [2.05, 4.69) is 0 Å². The Labute approximate surface area is 114 Å². The average Bonchev–Trinajstić information content (AvgIpc) is 2.58. The van der Waals surface area contributed by atoms with E-state index in [0.29, 0.717) is 0 Å². The van der Waals surface area contributed by atoms with Gasteiger partial charge in [-0.25, -0.2) is 0 Å². The molecule has 0 aromatic heterocycles. The highest BCUT2D eigenvalue weighted by Gasteiger charge is 2.42. The molecule has 2 atom stereocenters. The predicted molar refractivity (Wildman–Crippen MR) is 69.4 cm³/mol. The summed E-state index contributed by atoms with van der Waals surface area (Å²) in [6.45, 7) is 3.18. The van der Waals surface area contributed by atoms with Gasteiger partial charge in [0, 0.05) is 0 Å². The van der Waals surface area contributed by atoms with Crippen LogP contribution in [0.3, 0.4) is 0 Å². The van der Waals surface area contributed by atoms with Crippen molar-refractivity contribution in [2.24, 2.45) is 0 Å². The predicted octanol–water partition coefficient (Wildman–Crippen LogP) is 2.29. The van der Waals surface area contributed by atoms with Crippen LogP contribution in [0.25, 0.3) is 0 Å². The van der Waals surface area contributed by atoms with Gasteiger partial charge in [-0.2, -0.15) is 0 Å². The number of carbonyl (C=O) groups excluding carboxylic acids is 2. The Balaban J connectivity index is 2.65. The topological polar surface area (TPSA) is 57.6 Å². The number of carbonyl (C=O) groups is 2. The maximum absolute atomic E-state index is 12.0. The van der Waals surface area contributed by atoms with Crippen molar-refractivity contribution in [3.05, 3.63) is 27.7 Å². The number of halogens is 2. The van der Waals surface area contributed by atoms with Gasteiger partial charge in [0.1, 0.15) is 0 Å². The number of fused-ring (bicyclic) bond motifs is 1. The van der Waals surface area contributed by atoms with Crippen molar-refractivity contribution < 1.29 is 14.7 Å². The summed E-state index contributed by atoms with van der Waals surface area (Å²) in [5, 5.41) is 10.0. The first-order valence-electron chi connectivity index (χ1n) is 5.40. The normalized spacial score (nSPS) is 17.9. The van der Waals surface area contributed by atoms with Gasteiger partial charge in [0.05, 0.1) is 33.4 Å². The van der Waals surface area contributed by atoms with Gasteiger partial charge in [-0.15, -0.1) is 0 Å². The molecule has 0 aliphatic carbocycles. The van der Waals surface area contributed by atoms with Crippen molar-refractivity contribution in [1.82, 2.24) is 0 Å². The molecule has 1 amide bonds. The summed E-state index contributed by atoms with van der Waals surface area (Å²) in [4.78, 5) is 25.1. The molecule has 96 valence electrons. The zero-order valence-corrected chi connectivity index (χ0v) is 11.3. The van der Waals surface area contributed by atoms with E-state index in [-0.39, 0.29) is 21.3 Å². The third-order valence-corrected chi connectivity index (χ3v) is 3.68. The highest BCUT2D eigenvalue weighted by atomic mass is 35.5. The van der Waals surface area contributed by atoms with E-state index in [0.717, 1.165) is 0 Å². The first-order valence-corrected chi connectivity index (χ1v) is 6.15. The number of Topliss-reactive ketones (excluding diaryl/α,β-unsaturated/α-hetero) is 1. The van der Waals surface area contributed by atoms with Gasteiger partial charge in [0.25, 0.3) is 11.7 Å². The van der Waals surface area contributed by atoms with Crippen molar-refractivity contribution in [2.75, 3.05) is 4.90 Å². The minimum absolute atomic E-state index is 0.113. The monoisotopic (exact) mass is 287 g/mol. The Kier molecular flexibility index (Phi) is 3.36. The SMILES string of the molecule is CC(O)C(C)N1C(=O)C(=O)c2c(Cl)ccc(Cl)c21. The van der Waals surface area contributed by atoms with E-state index < -0.39 is 23.8 Å². The summed E-state index contributed by atoms with van der Waals surface area (Å²) in [6.07, 6.45) is -0.789. The van der Waals surface area contributed by atoms with Crippen LogP contribution in [0.2, 0.25) is 10.0 Å². The molecule has 1 N–H and O–H groups in total. The summed E-state index contributed by atoms with van der Waals surface area (Å²) in [7, 11) is 0. The van der Waals surface area contributed by atoms with E-state index in [1.165, 1.54) is 17.0 Å². The summed E-state index contributed by atoms with van der Waals surface area (Å²) in [6, 6.07) is 2.44. The number of hydrogen-bond donors (Lipinski definition) is 1. The van der Waals surface area contributed by atoms with Crippen molar-refractivity contribution >= 4 is 40.6 Å². The second-order valence-corrected chi connectivity index (χ2v) is 5.05. The Morgan fingerprint density at radius 3 is 2.28 bits per heavy atom. The molecule has 2 rings (SSSR count). The zero-order chi connectivity index (χ0) is 13.6. The molecular weight excluding hydrogens is 277 g/mol. The van der Waals surface area contributed by atoms with Gasteiger partial charge >= 0.3 is 0 Å². The first-order chi connectivity index (χ1) is 8.36. The fourth-order valence-corrected chi connectivity index (χ4v) is 2.40. The van der Waals surface area contributed by atoms with Crippen molar-refractivity contribution in [3.63, 3.8) is 0 Å². The lowest BCUT2D eigenvalue weighted by Crippen LogP contribution is -2.43. The molecule has 0 radical (unpaired) electrons. The van der Waals surface area contributed by atoms with Gasteiger partial charge in [-0.1, -0.05) is 23.2 Å². The number of anilines is 1. The molecule has 1 heterocycles. The van der Waals surface area contributed by atoms with Crippen LogP contribution in [-0.4, -0.2) is 28.9 Å². The van der Waals surface area contributed by atoms with Crippen LogP contribution in [0.15, 0.2) is 12.1 Å². The summed E-state index contributed by atoms with van der Waals surface area (Å²) in [5.41, 5.74) is 0.397. The lowest BCUT2D eigenvalue weighted by molar-refractivity contribution is -0.115. The van der Waals surface area contributed by atoms with Crippen LogP contribution in [0.1, 0.15) is 24.2 Å². The van der Waals surface area contributed by atoms with Gasteiger partial charge in [0.2, 0.25) is 0 Å². The summed E-state index contributed by atoms with van der Waals surface area (Å²) < 4.78 is 0. The molecule has 0 bridgehead atoms. The van der Waals surface area contributed by atoms with Crippen LogP contribution < -0.4 is 4.90 Å². The van der Waals surface area contributed by atoms with Crippen molar-refractivity contribution in [2.45, 2.75) is 26.0 Å². The smallest absolute Gasteiger partial charge is 0.299 e. The maximum atomic E-state index is 12.0. The lowest BCUT2D eigenvalue weighted by Gasteiger charge is -2.27. The molecule has 0 fully saturated rings. The molecule has 0 saturated carbocycles. The van der Waals surface area contributed by atoms with Crippen LogP contribution in [0.4, 0.5) is 5.69 Å². The molecule has 1 aromatic carbocycles. The number of nitrogens with zero attached hydrogens (tertiary/aromatic N) is 1. The second kappa shape index (κ2) is 4.53. The molecule has 0 spiro atoms. The molecule has 4 nitrogen and oxygen atoms in total. The minimum Gasteiger partial charge on any atom is -0.391 e. The van der Waals surface area contributed by atoms with Gasteiger partial charge in [-0.3, -0.25) is 14.5 Å². The molecule has 18 heavy (non-hydrogen) atoms. The Hall–Kier alpha value is -1.10. The summed E-state index contributed by atoms with van der Waals surface area (Å²) in [5.74, 6) is -1.40. The number of hydrogen-bond acceptors (Lipinski definition) is 3. The zero-order valence-electron chi connectivity index (χ0n) is 9.78. The highest BCUT2D eigenvalue weighted by molar-refractivity contribution is 6.57. The molecule has 1 aromatic rings. The third-order valence-electron chi connectivity index (χ3n) is 3.06. The summed E-state index contributed by atoms with van der Waals surface area (Å²) >= 11 is 12.0. The van der Waals surface area contributed by atoms with Crippen molar-refractivity contribution in [1.29, 1.82) is 0 Å². The third kappa shape index (κ3) is 1.81. The van der Waals surface area contributed by atoms with Gasteiger partial charge < -0.3 is 5.11 Å². The number of ketones is 1. The number of benzene rings is 1. The first kappa shape index (κ1) is 13.3. The molecule has 1 aliphatic heterocycles. The van der Waals surface area contributed by atoms with E-state index >= 15 is 0 Å². The minimum atomic E-state index is -0.789.